The Labute approximate surface area is 156 Å². The van der Waals surface area contributed by atoms with Crippen molar-refractivity contribution in [2.45, 2.75) is 44.8 Å². The standard InChI is InChI=1S/C20H23FN2O4/c1-12-7-8-23(15-3-5-16(24)6-4-15)20(26)18(12)19(25)22-14-9-13(21)10-17(11-14)27-2/h7-11,15-16,24H,3-6H2,1-2H3,(H,22,25). The fourth-order valence-electron chi connectivity index (χ4n) is 3.49. The summed E-state index contributed by atoms with van der Waals surface area (Å²) in [6, 6.07) is 5.55. The number of methoxy groups -OCH3 is 1. The number of carbonyl (C=O) groups excluding carboxylic acids is 1. The van der Waals surface area contributed by atoms with E-state index in [1.54, 1.807) is 23.8 Å². The highest BCUT2D eigenvalue weighted by Gasteiger charge is 2.24. The van der Waals surface area contributed by atoms with Crippen LogP contribution in [0.5, 0.6) is 5.75 Å². The number of hydrogen-bond donors (Lipinski definition) is 2. The number of ether oxygens (including phenoxy) is 1. The number of carbonyl (C=O) groups is 1. The van der Waals surface area contributed by atoms with Crippen LogP contribution in [0.15, 0.2) is 35.3 Å². The van der Waals surface area contributed by atoms with E-state index in [0.29, 0.717) is 31.2 Å². The first-order chi connectivity index (χ1) is 12.9. The molecule has 2 aromatic rings. The van der Waals surface area contributed by atoms with Crippen molar-refractivity contribution < 1.29 is 19.0 Å². The average molecular weight is 374 g/mol. The number of nitrogens with zero attached hydrogens (tertiary/aromatic N) is 1. The van der Waals surface area contributed by atoms with E-state index in [2.05, 4.69) is 5.32 Å². The minimum atomic E-state index is -0.588. The largest absolute Gasteiger partial charge is 0.497 e. The predicted molar refractivity (Wildman–Crippen MR) is 99.9 cm³/mol. The molecule has 1 aliphatic carbocycles. The summed E-state index contributed by atoms with van der Waals surface area (Å²) < 4.78 is 20.2. The molecule has 0 spiro atoms. The molecule has 0 bridgehead atoms. The van der Waals surface area contributed by atoms with Crippen LogP contribution >= 0.6 is 0 Å². The lowest BCUT2D eigenvalue weighted by molar-refractivity contribution is 0.101. The van der Waals surface area contributed by atoms with E-state index >= 15 is 0 Å². The zero-order valence-electron chi connectivity index (χ0n) is 15.4. The van der Waals surface area contributed by atoms with Gasteiger partial charge < -0.3 is 19.7 Å². The number of aromatic nitrogens is 1. The van der Waals surface area contributed by atoms with Crippen molar-refractivity contribution in [1.82, 2.24) is 4.57 Å². The van der Waals surface area contributed by atoms with Crippen LogP contribution < -0.4 is 15.6 Å². The zero-order valence-corrected chi connectivity index (χ0v) is 15.4. The number of aliphatic hydroxyl groups excluding tert-OH is 1. The first-order valence-electron chi connectivity index (χ1n) is 8.94. The lowest BCUT2D eigenvalue weighted by Gasteiger charge is -2.27. The smallest absolute Gasteiger partial charge is 0.263 e. The second kappa shape index (κ2) is 7.92. The maximum absolute atomic E-state index is 13.6. The summed E-state index contributed by atoms with van der Waals surface area (Å²) >= 11 is 0. The van der Waals surface area contributed by atoms with Crippen molar-refractivity contribution >= 4 is 11.6 Å². The Morgan fingerprint density at radius 2 is 1.96 bits per heavy atom. The number of benzene rings is 1. The van der Waals surface area contributed by atoms with Crippen LogP contribution in [-0.4, -0.2) is 28.8 Å². The van der Waals surface area contributed by atoms with Crippen LogP contribution in [0.3, 0.4) is 0 Å². The van der Waals surface area contributed by atoms with E-state index in [1.165, 1.54) is 25.3 Å². The first-order valence-corrected chi connectivity index (χ1v) is 8.94. The van der Waals surface area contributed by atoms with Gasteiger partial charge in [-0.15, -0.1) is 0 Å². The number of anilines is 1. The number of aliphatic hydroxyl groups is 1. The highest BCUT2D eigenvalue weighted by atomic mass is 19.1. The van der Waals surface area contributed by atoms with Crippen molar-refractivity contribution in [2.75, 3.05) is 12.4 Å². The lowest BCUT2D eigenvalue weighted by Crippen LogP contribution is -2.34. The predicted octanol–water partition coefficient (Wildman–Crippen LogP) is 3.03. The second-order valence-electron chi connectivity index (χ2n) is 6.88. The summed E-state index contributed by atoms with van der Waals surface area (Å²) in [5.74, 6) is -0.865. The van der Waals surface area contributed by atoms with Gasteiger partial charge in [-0.25, -0.2) is 4.39 Å². The van der Waals surface area contributed by atoms with Gasteiger partial charge in [0.25, 0.3) is 11.5 Å². The van der Waals surface area contributed by atoms with Crippen molar-refractivity contribution in [3.63, 3.8) is 0 Å². The highest BCUT2D eigenvalue weighted by Crippen LogP contribution is 2.27. The van der Waals surface area contributed by atoms with Gasteiger partial charge in [0.15, 0.2) is 0 Å². The molecule has 6 nitrogen and oxygen atoms in total. The number of pyridine rings is 1. The van der Waals surface area contributed by atoms with Gasteiger partial charge in [-0.3, -0.25) is 9.59 Å². The molecule has 7 heteroatoms. The van der Waals surface area contributed by atoms with Gasteiger partial charge in [0, 0.05) is 30.1 Å². The molecule has 1 heterocycles. The van der Waals surface area contributed by atoms with Crippen LogP contribution in [0.4, 0.5) is 10.1 Å². The Hall–Kier alpha value is -2.67. The summed E-state index contributed by atoms with van der Waals surface area (Å²) in [6.45, 7) is 1.69. The normalized spacial score (nSPS) is 19.6. The molecule has 0 atom stereocenters. The van der Waals surface area contributed by atoms with Gasteiger partial charge in [0.1, 0.15) is 17.1 Å². The van der Waals surface area contributed by atoms with Crippen molar-refractivity contribution in [3.05, 3.63) is 57.8 Å². The maximum atomic E-state index is 13.6. The molecule has 0 aliphatic heterocycles. The molecule has 1 amide bonds. The van der Waals surface area contributed by atoms with Crippen LogP contribution in [0.1, 0.15) is 47.6 Å². The van der Waals surface area contributed by atoms with Gasteiger partial charge in [0.2, 0.25) is 0 Å². The third-order valence-corrected chi connectivity index (χ3v) is 4.98. The number of rotatable bonds is 4. The molecule has 1 aliphatic rings. The van der Waals surface area contributed by atoms with Gasteiger partial charge >= 0.3 is 0 Å². The molecule has 1 fully saturated rings. The number of amides is 1. The fourth-order valence-corrected chi connectivity index (χ4v) is 3.49. The summed E-state index contributed by atoms with van der Waals surface area (Å²) in [7, 11) is 1.40. The molecule has 1 aromatic carbocycles. The molecule has 1 saturated carbocycles. The molecule has 0 saturated heterocycles. The van der Waals surface area contributed by atoms with Crippen LogP contribution in [-0.2, 0) is 0 Å². The molecular formula is C20H23FN2O4. The SMILES string of the molecule is COc1cc(F)cc(NC(=O)c2c(C)ccn(C3CCC(O)CC3)c2=O)c1. The fraction of sp³-hybridized carbons (Fsp3) is 0.400. The van der Waals surface area contributed by atoms with Crippen LogP contribution in [0.25, 0.3) is 0 Å². The first kappa shape index (κ1) is 19.1. The molecule has 0 radical (unpaired) electrons. The van der Waals surface area contributed by atoms with Crippen molar-refractivity contribution in [1.29, 1.82) is 0 Å². The van der Waals surface area contributed by atoms with E-state index in [0.717, 1.165) is 0 Å². The highest BCUT2D eigenvalue weighted by molar-refractivity contribution is 6.05. The summed E-state index contributed by atoms with van der Waals surface area (Å²) in [5, 5.41) is 12.2. The number of nitrogens with one attached hydrogen (secondary N) is 1. The van der Waals surface area contributed by atoms with Gasteiger partial charge in [-0.05, 0) is 50.3 Å². The average Bonchev–Trinajstić information content (AvgIpc) is 2.62. The Morgan fingerprint density at radius 3 is 2.63 bits per heavy atom. The zero-order chi connectivity index (χ0) is 19.6. The van der Waals surface area contributed by atoms with E-state index < -0.39 is 11.7 Å². The third kappa shape index (κ3) is 4.19. The lowest BCUT2D eigenvalue weighted by atomic mass is 9.92. The third-order valence-electron chi connectivity index (χ3n) is 4.98. The van der Waals surface area contributed by atoms with Crippen LogP contribution in [0, 0.1) is 12.7 Å². The molecular weight excluding hydrogens is 351 g/mol. The van der Waals surface area contributed by atoms with Crippen LogP contribution in [0.2, 0.25) is 0 Å². The van der Waals surface area contributed by atoms with E-state index in [4.69, 9.17) is 4.74 Å². The van der Waals surface area contributed by atoms with E-state index in [9.17, 15) is 19.1 Å². The maximum Gasteiger partial charge on any atom is 0.263 e. The minimum Gasteiger partial charge on any atom is -0.497 e. The Kier molecular flexibility index (Phi) is 5.60. The van der Waals surface area contributed by atoms with Gasteiger partial charge in [-0.2, -0.15) is 0 Å². The minimum absolute atomic E-state index is 0.0341. The summed E-state index contributed by atoms with van der Waals surface area (Å²) in [6.07, 6.45) is 4.01. The monoisotopic (exact) mass is 374 g/mol. The second-order valence-corrected chi connectivity index (χ2v) is 6.88. The van der Waals surface area contributed by atoms with Gasteiger partial charge in [0.05, 0.1) is 13.2 Å². The van der Waals surface area contributed by atoms with Gasteiger partial charge in [-0.1, -0.05) is 0 Å². The van der Waals surface area contributed by atoms with Crippen molar-refractivity contribution in [3.8, 4) is 5.75 Å². The quantitative estimate of drug-likeness (QED) is 0.862. The van der Waals surface area contributed by atoms with E-state index in [1.807, 2.05) is 0 Å². The van der Waals surface area contributed by atoms with Crippen molar-refractivity contribution in [2.24, 2.45) is 0 Å². The Bertz CT molecular complexity index is 901. The number of halogens is 1. The topological polar surface area (TPSA) is 80.6 Å². The molecule has 1 aromatic heterocycles. The molecule has 2 N–H and O–H groups in total. The number of hydrogen-bond acceptors (Lipinski definition) is 4. The van der Waals surface area contributed by atoms with E-state index in [-0.39, 0.29) is 34.7 Å². The summed E-state index contributed by atoms with van der Waals surface area (Å²) in [5.41, 5.74) is 0.420. The molecule has 0 unspecified atom stereocenters. The Morgan fingerprint density at radius 1 is 1.26 bits per heavy atom. The molecule has 27 heavy (non-hydrogen) atoms. The Balaban J connectivity index is 1.89. The molecule has 144 valence electrons. The number of aryl methyl sites for hydroxylation is 1. The summed E-state index contributed by atoms with van der Waals surface area (Å²) in [4.78, 5) is 25.7. The molecule has 3 rings (SSSR count).